The van der Waals surface area contributed by atoms with Crippen molar-refractivity contribution >= 4 is 11.8 Å². The maximum atomic E-state index is 13.1. The average molecular weight is 219 g/mol. The maximum Gasteiger partial charge on any atom is 0.447 e. The van der Waals surface area contributed by atoms with Crippen molar-refractivity contribution in [3.63, 3.8) is 0 Å². The standard InChI is InChI=1S/C9H8F3NO2/c1-9(10,11)15-8(14)13(12)7-5-3-2-4-6-7/h2-6H,1H3. The second-order valence-corrected chi connectivity index (χ2v) is 2.79. The Labute approximate surface area is 84.0 Å². The number of benzene rings is 1. The van der Waals surface area contributed by atoms with Crippen molar-refractivity contribution < 1.29 is 22.8 Å². The molecular weight excluding hydrogens is 211 g/mol. The van der Waals surface area contributed by atoms with Gasteiger partial charge >= 0.3 is 12.2 Å². The molecule has 0 aliphatic heterocycles. The Bertz CT molecular complexity index is 337. The molecule has 0 aliphatic carbocycles. The lowest BCUT2D eigenvalue weighted by Crippen LogP contribution is -2.30. The van der Waals surface area contributed by atoms with E-state index in [1.165, 1.54) is 24.3 Å². The lowest BCUT2D eigenvalue weighted by Gasteiger charge is -2.15. The summed E-state index contributed by atoms with van der Waals surface area (Å²) >= 11 is 0. The van der Waals surface area contributed by atoms with Gasteiger partial charge in [0.1, 0.15) is 0 Å². The van der Waals surface area contributed by atoms with Gasteiger partial charge in [-0.25, -0.2) is 4.79 Å². The van der Waals surface area contributed by atoms with Crippen LogP contribution in [0.4, 0.5) is 23.7 Å². The number of para-hydroxylation sites is 1. The number of hydrogen-bond donors (Lipinski definition) is 0. The predicted octanol–water partition coefficient (Wildman–Crippen LogP) is 3.13. The van der Waals surface area contributed by atoms with Crippen molar-refractivity contribution in [3.05, 3.63) is 30.3 Å². The van der Waals surface area contributed by atoms with Gasteiger partial charge in [0, 0.05) is 6.92 Å². The number of amides is 1. The smallest absolute Gasteiger partial charge is 0.382 e. The molecular formula is C9H8F3NO2. The zero-order valence-electron chi connectivity index (χ0n) is 7.78. The Balaban J connectivity index is 2.70. The van der Waals surface area contributed by atoms with Crippen molar-refractivity contribution in [2.24, 2.45) is 0 Å². The molecule has 0 fully saturated rings. The molecule has 0 bridgehead atoms. The summed E-state index contributed by atoms with van der Waals surface area (Å²) in [6, 6.07) is 7.00. The normalized spacial score (nSPS) is 10.9. The van der Waals surface area contributed by atoms with Crippen LogP contribution in [0.25, 0.3) is 0 Å². The van der Waals surface area contributed by atoms with Crippen LogP contribution in [0.1, 0.15) is 6.92 Å². The first kappa shape index (κ1) is 11.4. The van der Waals surface area contributed by atoms with E-state index in [1.807, 2.05) is 0 Å². The van der Waals surface area contributed by atoms with E-state index >= 15 is 0 Å². The highest BCUT2D eigenvalue weighted by atomic mass is 19.3. The summed E-state index contributed by atoms with van der Waals surface area (Å²) in [6.07, 6.45) is -5.45. The fraction of sp³-hybridized carbons (Fsp3) is 0.222. The summed E-state index contributed by atoms with van der Waals surface area (Å²) < 4.78 is 41.0. The van der Waals surface area contributed by atoms with Crippen molar-refractivity contribution in [3.8, 4) is 0 Å². The lowest BCUT2D eigenvalue weighted by molar-refractivity contribution is -0.182. The molecule has 0 atom stereocenters. The molecule has 0 spiro atoms. The van der Waals surface area contributed by atoms with Crippen LogP contribution in [-0.2, 0) is 4.74 Å². The Morgan fingerprint density at radius 1 is 1.33 bits per heavy atom. The molecule has 0 heterocycles. The summed E-state index contributed by atoms with van der Waals surface area (Å²) in [4.78, 5) is 10.8. The third-order valence-corrected chi connectivity index (χ3v) is 1.41. The van der Waals surface area contributed by atoms with Gasteiger partial charge in [0.2, 0.25) is 0 Å². The zero-order valence-corrected chi connectivity index (χ0v) is 7.78. The first-order valence-corrected chi connectivity index (χ1v) is 4.02. The minimum absolute atomic E-state index is 0.174. The second kappa shape index (κ2) is 4.20. The molecule has 0 unspecified atom stereocenters. The van der Waals surface area contributed by atoms with Crippen LogP contribution >= 0.6 is 0 Å². The van der Waals surface area contributed by atoms with Gasteiger partial charge in [0.15, 0.2) is 0 Å². The number of ether oxygens (including phenoxy) is 1. The van der Waals surface area contributed by atoms with Crippen LogP contribution < -0.4 is 5.12 Å². The molecule has 0 saturated carbocycles. The van der Waals surface area contributed by atoms with Gasteiger partial charge in [-0.3, -0.25) is 0 Å². The van der Waals surface area contributed by atoms with Crippen molar-refractivity contribution in [1.29, 1.82) is 0 Å². The molecule has 15 heavy (non-hydrogen) atoms. The minimum atomic E-state index is -3.70. The van der Waals surface area contributed by atoms with Crippen molar-refractivity contribution in [2.75, 3.05) is 5.12 Å². The van der Waals surface area contributed by atoms with Crippen LogP contribution in [0.15, 0.2) is 30.3 Å². The van der Waals surface area contributed by atoms with Gasteiger partial charge in [-0.2, -0.15) is 8.78 Å². The largest absolute Gasteiger partial charge is 0.447 e. The van der Waals surface area contributed by atoms with E-state index in [-0.39, 0.29) is 5.69 Å². The molecule has 3 nitrogen and oxygen atoms in total. The average Bonchev–Trinajstić information content (AvgIpc) is 2.15. The molecule has 0 saturated heterocycles. The Morgan fingerprint density at radius 2 is 1.87 bits per heavy atom. The predicted molar refractivity (Wildman–Crippen MR) is 47.1 cm³/mol. The molecule has 82 valence electrons. The first-order chi connectivity index (χ1) is 6.90. The third kappa shape index (κ3) is 3.49. The molecule has 1 aromatic rings. The number of alkyl halides is 2. The van der Waals surface area contributed by atoms with Crippen LogP contribution in [0, 0.1) is 0 Å². The Kier molecular flexibility index (Phi) is 3.18. The van der Waals surface area contributed by atoms with E-state index in [0.29, 0.717) is 6.92 Å². The van der Waals surface area contributed by atoms with Crippen LogP contribution in [0.3, 0.4) is 0 Å². The molecule has 0 aromatic heterocycles. The Morgan fingerprint density at radius 3 is 2.33 bits per heavy atom. The number of hydrogen-bond acceptors (Lipinski definition) is 2. The van der Waals surface area contributed by atoms with E-state index in [0.717, 1.165) is 0 Å². The lowest BCUT2D eigenvalue weighted by atomic mass is 10.3. The molecule has 0 N–H and O–H groups in total. The van der Waals surface area contributed by atoms with E-state index in [9.17, 15) is 18.1 Å². The SMILES string of the molecule is CC(F)(F)OC(=O)N(F)c1ccccc1. The van der Waals surface area contributed by atoms with E-state index < -0.39 is 17.3 Å². The summed E-state index contributed by atoms with van der Waals surface area (Å²) in [7, 11) is 0. The van der Waals surface area contributed by atoms with Gasteiger partial charge in [-0.15, -0.1) is 5.12 Å². The van der Waals surface area contributed by atoms with Crippen LogP contribution in [-0.4, -0.2) is 12.2 Å². The second-order valence-electron chi connectivity index (χ2n) is 2.79. The zero-order chi connectivity index (χ0) is 11.5. The highest BCUT2D eigenvalue weighted by Gasteiger charge is 2.30. The highest BCUT2D eigenvalue weighted by Crippen LogP contribution is 2.19. The summed E-state index contributed by atoms with van der Waals surface area (Å²) in [5.74, 6) is 0. The first-order valence-electron chi connectivity index (χ1n) is 4.02. The number of anilines is 1. The van der Waals surface area contributed by atoms with Crippen molar-refractivity contribution in [2.45, 2.75) is 13.0 Å². The molecule has 1 rings (SSSR count). The third-order valence-electron chi connectivity index (χ3n) is 1.41. The van der Waals surface area contributed by atoms with E-state index in [2.05, 4.69) is 4.74 Å². The van der Waals surface area contributed by atoms with E-state index in [1.54, 1.807) is 6.07 Å². The van der Waals surface area contributed by atoms with Gasteiger partial charge in [0.25, 0.3) is 0 Å². The fourth-order valence-electron chi connectivity index (χ4n) is 0.858. The van der Waals surface area contributed by atoms with Crippen molar-refractivity contribution in [1.82, 2.24) is 0 Å². The minimum Gasteiger partial charge on any atom is -0.382 e. The fourth-order valence-corrected chi connectivity index (χ4v) is 0.858. The number of nitrogens with zero attached hydrogens (tertiary/aromatic N) is 1. The number of carbonyl (C=O) groups excluding carboxylic acids is 1. The van der Waals surface area contributed by atoms with Gasteiger partial charge in [-0.1, -0.05) is 22.7 Å². The number of rotatable bonds is 2. The molecule has 0 aliphatic rings. The molecule has 0 radical (unpaired) electrons. The maximum absolute atomic E-state index is 13.1. The van der Waals surface area contributed by atoms with Gasteiger partial charge in [-0.05, 0) is 12.1 Å². The summed E-state index contributed by atoms with van der Waals surface area (Å²) in [5, 5.41) is -0.489. The topological polar surface area (TPSA) is 29.5 Å². The monoisotopic (exact) mass is 219 g/mol. The Hall–Kier alpha value is -1.72. The van der Waals surface area contributed by atoms with E-state index in [4.69, 9.17) is 0 Å². The number of carbonyl (C=O) groups is 1. The van der Waals surface area contributed by atoms with Gasteiger partial charge in [0.05, 0.1) is 5.69 Å². The quantitative estimate of drug-likeness (QED) is 0.715. The number of halogens is 3. The van der Waals surface area contributed by atoms with Gasteiger partial charge < -0.3 is 4.74 Å². The summed E-state index contributed by atoms with van der Waals surface area (Å²) in [6.45, 7) is 0.351. The van der Waals surface area contributed by atoms with Crippen LogP contribution in [0.5, 0.6) is 0 Å². The highest BCUT2D eigenvalue weighted by molar-refractivity contribution is 5.85. The molecule has 1 amide bonds. The molecule has 6 heteroatoms. The molecule has 1 aromatic carbocycles. The summed E-state index contributed by atoms with van der Waals surface area (Å²) in [5.41, 5.74) is -0.174. The van der Waals surface area contributed by atoms with Crippen LogP contribution in [0.2, 0.25) is 0 Å².